The molecule has 1 amide bonds. The summed E-state index contributed by atoms with van der Waals surface area (Å²) in [4.78, 5) is 16.9. The summed E-state index contributed by atoms with van der Waals surface area (Å²) in [5.74, 6) is 6.48. The molecule has 0 atom stereocenters. The molecule has 0 spiro atoms. The number of carbonyl (C=O) groups is 1. The first-order chi connectivity index (χ1) is 13.9. The van der Waals surface area contributed by atoms with E-state index in [2.05, 4.69) is 32.6 Å². The van der Waals surface area contributed by atoms with Crippen LogP contribution in [0.15, 0.2) is 41.6 Å². The summed E-state index contributed by atoms with van der Waals surface area (Å²) < 4.78 is 2.39. The minimum absolute atomic E-state index is 0.131. The number of carbonyl (C=O) groups excluding carboxylic acids is 1. The molecule has 0 radical (unpaired) electrons. The van der Waals surface area contributed by atoms with Crippen LogP contribution in [0.4, 0.5) is 5.13 Å². The van der Waals surface area contributed by atoms with Crippen molar-refractivity contribution >= 4 is 56.0 Å². The van der Waals surface area contributed by atoms with E-state index >= 15 is 0 Å². The van der Waals surface area contributed by atoms with Gasteiger partial charge < -0.3 is 11.2 Å². The molecule has 0 bridgehead atoms. The quantitative estimate of drug-likeness (QED) is 0.352. The van der Waals surface area contributed by atoms with Crippen LogP contribution in [0.3, 0.4) is 0 Å². The van der Waals surface area contributed by atoms with Crippen molar-refractivity contribution in [2.45, 2.75) is 19.0 Å². The zero-order chi connectivity index (χ0) is 20.5. The molecule has 29 heavy (non-hydrogen) atoms. The monoisotopic (exact) mass is 444 g/mol. The Morgan fingerprint density at radius 1 is 1.28 bits per heavy atom. The summed E-state index contributed by atoms with van der Waals surface area (Å²) in [6, 6.07) is 11.4. The van der Waals surface area contributed by atoms with Crippen LogP contribution >= 0.6 is 34.7 Å². The number of thioether (sulfide) groups is 1. The lowest BCUT2D eigenvalue weighted by atomic mass is 10.1. The molecule has 0 aliphatic carbocycles. The molecule has 148 valence electrons. The Labute approximate surface area is 180 Å². The molecule has 0 saturated heterocycles. The number of thiazole rings is 1. The Bertz CT molecular complexity index is 1220. The molecule has 0 aliphatic heterocycles. The van der Waals surface area contributed by atoms with E-state index in [-0.39, 0.29) is 11.7 Å². The molecule has 0 saturated carbocycles. The maximum Gasteiger partial charge on any atom is 0.236 e. The number of rotatable bonds is 5. The maximum atomic E-state index is 12.4. The molecular weight excluding hydrogens is 428 g/mol. The lowest BCUT2D eigenvalue weighted by Crippen LogP contribution is -2.16. The van der Waals surface area contributed by atoms with Gasteiger partial charge in [-0.1, -0.05) is 52.9 Å². The van der Waals surface area contributed by atoms with Crippen LogP contribution in [-0.2, 0) is 4.79 Å². The number of benzene rings is 2. The molecule has 3 N–H and O–H groups in total. The van der Waals surface area contributed by atoms with Gasteiger partial charge in [-0.05, 0) is 43.2 Å². The van der Waals surface area contributed by atoms with Crippen molar-refractivity contribution in [3.05, 3.63) is 52.5 Å². The predicted molar refractivity (Wildman–Crippen MR) is 119 cm³/mol. The molecule has 0 unspecified atom stereocenters. The minimum atomic E-state index is -0.189. The van der Waals surface area contributed by atoms with Gasteiger partial charge >= 0.3 is 0 Å². The lowest BCUT2D eigenvalue weighted by molar-refractivity contribution is -0.113. The standard InChI is InChI=1S/C19H17ClN6OS2/c1-10-7-11(2)16-14(8-10)29-18(23-16)22-15(27)9-28-19-25-24-17(26(19)21)12-5-3-4-6-13(12)20/h3-8H,9,21H2,1-2H3,(H,22,23,27). The average Bonchev–Trinajstić information content (AvgIpc) is 3.24. The Balaban J connectivity index is 1.44. The normalized spacial score (nSPS) is 11.1. The smallest absolute Gasteiger partial charge is 0.236 e. The molecule has 0 aliphatic rings. The van der Waals surface area contributed by atoms with Crippen molar-refractivity contribution in [3.63, 3.8) is 0 Å². The molecule has 2 aromatic carbocycles. The summed E-state index contributed by atoms with van der Waals surface area (Å²) >= 11 is 8.85. The summed E-state index contributed by atoms with van der Waals surface area (Å²) in [6.45, 7) is 4.06. The number of hydrogen-bond donors (Lipinski definition) is 2. The molecule has 7 nitrogen and oxygen atoms in total. The summed E-state index contributed by atoms with van der Waals surface area (Å²) in [7, 11) is 0. The van der Waals surface area contributed by atoms with Gasteiger partial charge in [-0.3, -0.25) is 4.79 Å². The number of anilines is 1. The van der Waals surface area contributed by atoms with Crippen molar-refractivity contribution in [1.29, 1.82) is 0 Å². The predicted octanol–water partition coefficient (Wildman–Crippen LogP) is 4.27. The fourth-order valence-electron chi connectivity index (χ4n) is 2.91. The third-order valence-electron chi connectivity index (χ3n) is 4.19. The highest BCUT2D eigenvalue weighted by Crippen LogP contribution is 2.30. The van der Waals surface area contributed by atoms with Crippen LogP contribution in [0.1, 0.15) is 11.1 Å². The van der Waals surface area contributed by atoms with Crippen LogP contribution in [0, 0.1) is 13.8 Å². The largest absolute Gasteiger partial charge is 0.335 e. The van der Waals surface area contributed by atoms with Crippen molar-refractivity contribution in [2.75, 3.05) is 16.9 Å². The second kappa shape index (κ2) is 8.02. The number of amides is 1. The topological polar surface area (TPSA) is 98.7 Å². The van der Waals surface area contributed by atoms with E-state index < -0.39 is 0 Å². The number of hydrogen-bond acceptors (Lipinski definition) is 7. The molecule has 10 heteroatoms. The van der Waals surface area contributed by atoms with Crippen LogP contribution < -0.4 is 11.2 Å². The zero-order valence-corrected chi connectivity index (χ0v) is 18.0. The number of aromatic nitrogens is 4. The molecular formula is C19H17ClN6OS2. The Morgan fingerprint density at radius 2 is 2.07 bits per heavy atom. The molecule has 4 rings (SSSR count). The Kier molecular flexibility index (Phi) is 5.44. The maximum absolute atomic E-state index is 12.4. The molecule has 4 aromatic rings. The van der Waals surface area contributed by atoms with Crippen LogP contribution in [0.25, 0.3) is 21.6 Å². The molecule has 2 aromatic heterocycles. The first kappa shape index (κ1) is 19.7. The number of aryl methyl sites for hydroxylation is 2. The average molecular weight is 445 g/mol. The van der Waals surface area contributed by atoms with Gasteiger partial charge in [0.05, 0.1) is 21.0 Å². The highest BCUT2D eigenvalue weighted by Gasteiger charge is 2.16. The molecule has 0 fully saturated rings. The summed E-state index contributed by atoms with van der Waals surface area (Å²) in [5, 5.41) is 12.5. The van der Waals surface area contributed by atoms with Gasteiger partial charge in [-0.2, -0.15) is 0 Å². The van der Waals surface area contributed by atoms with E-state index in [4.69, 9.17) is 17.4 Å². The third kappa shape index (κ3) is 4.07. The first-order valence-corrected chi connectivity index (χ1v) is 10.9. The summed E-state index contributed by atoms with van der Waals surface area (Å²) in [6.07, 6.45) is 0. The van der Waals surface area contributed by atoms with Gasteiger partial charge in [-0.25, -0.2) is 9.66 Å². The third-order valence-corrected chi connectivity index (χ3v) is 6.38. The first-order valence-electron chi connectivity index (χ1n) is 8.68. The van der Waals surface area contributed by atoms with Crippen molar-refractivity contribution < 1.29 is 4.79 Å². The number of nitrogen functional groups attached to an aromatic ring is 1. The van der Waals surface area contributed by atoms with E-state index in [0.717, 1.165) is 15.8 Å². The number of halogens is 1. The van der Waals surface area contributed by atoms with Crippen LogP contribution in [0.2, 0.25) is 5.02 Å². The lowest BCUT2D eigenvalue weighted by Gasteiger charge is -2.05. The number of nitrogens with one attached hydrogen (secondary N) is 1. The number of fused-ring (bicyclic) bond motifs is 1. The van der Waals surface area contributed by atoms with Gasteiger partial charge in [-0.15, -0.1) is 10.2 Å². The van der Waals surface area contributed by atoms with Crippen molar-refractivity contribution in [2.24, 2.45) is 0 Å². The van der Waals surface area contributed by atoms with Crippen molar-refractivity contribution in [1.82, 2.24) is 19.9 Å². The van der Waals surface area contributed by atoms with E-state index in [0.29, 0.717) is 26.7 Å². The van der Waals surface area contributed by atoms with Gasteiger partial charge in [0.15, 0.2) is 11.0 Å². The highest BCUT2D eigenvalue weighted by atomic mass is 35.5. The zero-order valence-electron chi connectivity index (χ0n) is 15.6. The van der Waals surface area contributed by atoms with Gasteiger partial charge in [0, 0.05) is 5.56 Å². The van der Waals surface area contributed by atoms with Gasteiger partial charge in [0.2, 0.25) is 11.1 Å². The van der Waals surface area contributed by atoms with Gasteiger partial charge in [0.25, 0.3) is 0 Å². The second-order valence-electron chi connectivity index (χ2n) is 6.44. The second-order valence-corrected chi connectivity index (χ2v) is 8.82. The SMILES string of the molecule is Cc1cc(C)c2nc(NC(=O)CSc3nnc(-c4ccccc4Cl)n3N)sc2c1. The fourth-order valence-corrected chi connectivity index (χ4v) is 4.85. The molecule has 2 heterocycles. The van der Waals surface area contributed by atoms with Crippen molar-refractivity contribution in [3.8, 4) is 11.4 Å². The Hall–Kier alpha value is -2.62. The number of nitrogens with two attached hydrogens (primary N) is 1. The summed E-state index contributed by atoms with van der Waals surface area (Å²) in [5.41, 5.74) is 3.85. The van der Waals surface area contributed by atoms with E-state index in [1.54, 1.807) is 6.07 Å². The number of nitrogens with zero attached hydrogens (tertiary/aromatic N) is 4. The van der Waals surface area contributed by atoms with E-state index in [1.165, 1.54) is 33.3 Å². The van der Waals surface area contributed by atoms with Gasteiger partial charge in [0.1, 0.15) is 0 Å². The highest BCUT2D eigenvalue weighted by molar-refractivity contribution is 7.99. The fraction of sp³-hybridized carbons (Fsp3) is 0.158. The van der Waals surface area contributed by atoms with E-state index in [9.17, 15) is 4.79 Å². The van der Waals surface area contributed by atoms with Crippen LogP contribution in [-0.4, -0.2) is 31.5 Å². The minimum Gasteiger partial charge on any atom is -0.335 e. The van der Waals surface area contributed by atoms with Crippen LogP contribution in [0.5, 0.6) is 0 Å². The van der Waals surface area contributed by atoms with E-state index in [1.807, 2.05) is 32.0 Å². The Morgan fingerprint density at radius 3 is 2.86 bits per heavy atom.